The van der Waals surface area contributed by atoms with Gasteiger partial charge < -0.3 is 9.47 Å². The summed E-state index contributed by atoms with van der Waals surface area (Å²) in [6.07, 6.45) is 0. The summed E-state index contributed by atoms with van der Waals surface area (Å²) < 4.78 is 47.5. The lowest BCUT2D eigenvalue weighted by molar-refractivity contribution is -0.386. The third-order valence-electron chi connectivity index (χ3n) is 4.84. The minimum atomic E-state index is -4.20. The van der Waals surface area contributed by atoms with Crippen molar-refractivity contribution in [3.63, 3.8) is 0 Å². The Morgan fingerprint density at radius 2 is 2.04 bits per heavy atom. The van der Waals surface area contributed by atoms with Gasteiger partial charge in [0.1, 0.15) is 4.90 Å². The lowest BCUT2D eigenvalue weighted by Crippen LogP contribution is -2.48. The molecule has 0 unspecified atom stereocenters. The number of ether oxygens (including phenoxy) is 2. The molecule has 3 rings (SSSR count). The second-order valence-corrected chi connectivity index (χ2v) is 8.07. The molecule has 2 heterocycles. The second kappa shape index (κ2) is 7.43. The summed E-state index contributed by atoms with van der Waals surface area (Å²) >= 11 is 0. The average molecular weight is 389 g/mol. The van der Waals surface area contributed by atoms with Crippen molar-refractivity contribution in [2.75, 3.05) is 39.6 Å². The fraction of sp³-hybridized carbons (Fsp3) is 0.600. The average Bonchev–Trinajstić information content (AvgIpc) is 2.92. The maximum atomic E-state index is 13.4. The van der Waals surface area contributed by atoms with E-state index >= 15 is 0 Å². The highest BCUT2D eigenvalue weighted by molar-refractivity contribution is 7.89. The first-order valence-electron chi connectivity index (χ1n) is 8.12. The molecule has 2 aliphatic heterocycles. The standard InChI is InChI=1S/C15H20FN3O6S/c16-4-10-5-18(12-8-24-9-12)6-11(10)7-25-15-13(19(20)21)2-1-3-14(15)26(17,22)23/h1-3,10-12H,4-9H2,(H2,17,22,23)/t10-,11+/m1/s1. The Bertz CT molecular complexity index is 786. The molecule has 1 aromatic rings. The number of hydrogen-bond donors (Lipinski definition) is 1. The molecule has 2 atom stereocenters. The van der Waals surface area contributed by atoms with Gasteiger partial charge in [0.05, 0.1) is 37.5 Å². The number of alkyl halides is 1. The van der Waals surface area contributed by atoms with E-state index in [2.05, 4.69) is 4.90 Å². The van der Waals surface area contributed by atoms with E-state index in [1.54, 1.807) is 0 Å². The van der Waals surface area contributed by atoms with Crippen LogP contribution in [0.25, 0.3) is 0 Å². The number of nitro benzene ring substituents is 1. The Kier molecular flexibility index (Phi) is 5.42. The van der Waals surface area contributed by atoms with Gasteiger partial charge in [-0.25, -0.2) is 13.6 Å². The summed E-state index contributed by atoms with van der Waals surface area (Å²) in [4.78, 5) is 12.1. The molecule has 0 bridgehead atoms. The molecule has 9 nitrogen and oxygen atoms in total. The summed E-state index contributed by atoms with van der Waals surface area (Å²) in [5, 5.41) is 16.4. The molecule has 0 aromatic heterocycles. The number of nitrogens with zero attached hydrogens (tertiary/aromatic N) is 2. The van der Waals surface area contributed by atoms with Crippen LogP contribution in [0.15, 0.2) is 23.1 Å². The molecule has 0 amide bonds. The van der Waals surface area contributed by atoms with Gasteiger partial charge in [-0.3, -0.25) is 19.4 Å². The van der Waals surface area contributed by atoms with E-state index in [-0.39, 0.29) is 24.5 Å². The fourth-order valence-corrected chi connectivity index (χ4v) is 3.97. The quantitative estimate of drug-likeness (QED) is 0.533. The fourth-order valence-electron chi connectivity index (χ4n) is 3.28. The SMILES string of the molecule is NS(=O)(=O)c1cccc([N+](=O)[O-])c1OC[C@@H]1CN(C2COC2)C[C@H]1CF. The number of halogens is 1. The van der Waals surface area contributed by atoms with Gasteiger partial charge in [-0.05, 0) is 6.07 Å². The lowest BCUT2D eigenvalue weighted by Gasteiger charge is -2.34. The smallest absolute Gasteiger partial charge is 0.312 e. The van der Waals surface area contributed by atoms with Crippen LogP contribution in [-0.4, -0.2) is 63.9 Å². The highest BCUT2D eigenvalue weighted by Crippen LogP contribution is 2.35. The normalized spacial score (nSPS) is 24.4. The Labute approximate surface area is 150 Å². The number of nitro groups is 1. The van der Waals surface area contributed by atoms with Crippen LogP contribution in [0.5, 0.6) is 5.75 Å². The molecule has 2 aliphatic rings. The minimum Gasteiger partial charge on any atom is -0.486 e. The van der Waals surface area contributed by atoms with Crippen LogP contribution in [0.2, 0.25) is 0 Å². The predicted octanol–water partition coefficient (Wildman–Crippen LogP) is 0.537. The van der Waals surface area contributed by atoms with Gasteiger partial charge in [-0.1, -0.05) is 6.07 Å². The summed E-state index contributed by atoms with van der Waals surface area (Å²) in [5.74, 6) is -0.895. The lowest BCUT2D eigenvalue weighted by atomic mass is 9.98. The number of hydrogen-bond acceptors (Lipinski definition) is 7. The van der Waals surface area contributed by atoms with Crippen molar-refractivity contribution >= 4 is 15.7 Å². The number of likely N-dealkylation sites (tertiary alicyclic amines) is 1. The molecule has 144 valence electrons. The van der Waals surface area contributed by atoms with Crippen molar-refractivity contribution < 1.29 is 27.2 Å². The monoisotopic (exact) mass is 389 g/mol. The number of sulfonamides is 1. The maximum absolute atomic E-state index is 13.4. The molecule has 2 fully saturated rings. The molecule has 0 saturated carbocycles. The van der Waals surface area contributed by atoms with E-state index in [1.807, 2.05) is 0 Å². The van der Waals surface area contributed by atoms with E-state index < -0.39 is 38.0 Å². The topological polar surface area (TPSA) is 125 Å². The van der Waals surface area contributed by atoms with Crippen molar-refractivity contribution in [1.29, 1.82) is 0 Å². The summed E-state index contributed by atoms with van der Waals surface area (Å²) in [6, 6.07) is 3.77. The molecule has 26 heavy (non-hydrogen) atoms. The zero-order chi connectivity index (χ0) is 18.9. The number of primary sulfonamides is 1. The van der Waals surface area contributed by atoms with Crippen LogP contribution < -0.4 is 9.88 Å². The Morgan fingerprint density at radius 3 is 2.58 bits per heavy atom. The van der Waals surface area contributed by atoms with E-state index in [0.29, 0.717) is 26.3 Å². The highest BCUT2D eigenvalue weighted by Gasteiger charge is 2.39. The van der Waals surface area contributed by atoms with Crippen LogP contribution in [0.4, 0.5) is 10.1 Å². The number of rotatable bonds is 7. The second-order valence-electron chi connectivity index (χ2n) is 6.54. The zero-order valence-corrected chi connectivity index (χ0v) is 14.7. The number of nitrogens with two attached hydrogens (primary N) is 1. The van der Waals surface area contributed by atoms with Gasteiger partial charge >= 0.3 is 5.69 Å². The molecular weight excluding hydrogens is 369 g/mol. The first-order valence-corrected chi connectivity index (χ1v) is 9.66. The van der Waals surface area contributed by atoms with Crippen molar-refractivity contribution in [3.8, 4) is 5.75 Å². The first kappa shape index (κ1) is 19.0. The third-order valence-corrected chi connectivity index (χ3v) is 5.78. The molecule has 2 saturated heterocycles. The Morgan fingerprint density at radius 1 is 1.35 bits per heavy atom. The Balaban J connectivity index is 1.79. The molecule has 1 aromatic carbocycles. The molecular formula is C15H20FN3O6S. The van der Waals surface area contributed by atoms with E-state index in [4.69, 9.17) is 14.6 Å². The Hall–Kier alpha value is -1.82. The van der Waals surface area contributed by atoms with Crippen molar-refractivity contribution in [3.05, 3.63) is 28.3 Å². The summed E-state index contributed by atoms with van der Waals surface area (Å²) in [6.45, 7) is 1.74. The molecule has 2 N–H and O–H groups in total. The number of benzene rings is 1. The van der Waals surface area contributed by atoms with Gasteiger partial charge in [-0.2, -0.15) is 0 Å². The van der Waals surface area contributed by atoms with Crippen LogP contribution >= 0.6 is 0 Å². The predicted molar refractivity (Wildman–Crippen MR) is 89.1 cm³/mol. The molecule has 0 spiro atoms. The van der Waals surface area contributed by atoms with Crippen molar-refractivity contribution in [1.82, 2.24) is 4.90 Å². The third kappa shape index (κ3) is 3.80. The molecule has 0 aliphatic carbocycles. The van der Waals surface area contributed by atoms with E-state index in [1.165, 1.54) is 6.07 Å². The van der Waals surface area contributed by atoms with Gasteiger partial charge in [0, 0.05) is 31.0 Å². The molecule has 11 heteroatoms. The van der Waals surface area contributed by atoms with Gasteiger partial charge in [0.25, 0.3) is 0 Å². The van der Waals surface area contributed by atoms with Crippen molar-refractivity contribution in [2.45, 2.75) is 10.9 Å². The summed E-state index contributed by atoms with van der Waals surface area (Å²) in [7, 11) is -4.20. The highest BCUT2D eigenvalue weighted by atomic mass is 32.2. The van der Waals surface area contributed by atoms with Gasteiger partial charge in [0.2, 0.25) is 15.8 Å². The van der Waals surface area contributed by atoms with Crippen LogP contribution in [0.3, 0.4) is 0 Å². The van der Waals surface area contributed by atoms with Crippen LogP contribution in [0.1, 0.15) is 0 Å². The largest absolute Gasteiger partial charge is 0.486 e. The maximum Gasteiger partial charge on any atom is 0.312 e. The van der Waals surface area contributed by atoms with Crippen molar-refractivity contribution in [2.24, 2.45) is 17.0 Å². The molecule has 0 radical (unpaired) electrons. The van der Waals surface area contributed by atoms with E-state index in [9.17, 15) is 22.9 Å². The van der Waals surface area contributed by atoms with Crippen LogP contribution in [0, 0.1) is 22.0 Å². The summed E-state index contributed by atoms with van der Waals surface area (Å²) in [5.41, 5.74) is -0.490. The van der Waals surface area contributed by atoms with Gasteiger partial charge in [-0.15, -0.1) is 0 Å². The number of para-hydroxylation sites is 1. The first-order chi connectivity index (χ1) is 12.3. The zero-order valence-electron chi connectivity index (χ0n) is 13.9. The minimum absolute atomic E-state index is 0.0357. The van der Waals surface area contributed by atoms with Crippen LogP contribution in [-0.2, 0) is 14.8 Å². The van der Waals surface area contributed by atoms with Gasteiger partial charge in [0.15, 0.2) is 0 Å². The van der Waals surface area contributed by atoms with E-state index in [0.717, 1.165) is 12.1 Å².